The number of hydrogen-bond donors (Lipinski definition) is 1. The summed E-state index contributed by atoms with van der Waals surface area (Å²) in [7, 11) is 0. The summed E-state index contributed by atoms with van der Waals surface area (Å²) in [4.78, 5) is 22.2. The number of carbonyl (C=O) groups is 2. The fourth-order valence-electron chi connectivity index (χ4n) is 3.10. The molecular weight excluding hydrogens is 428 g/mol. The van der Waals surface area contributed by atoms with Crippen molar-refractivity contribution in [1.82, 2.24) is 0 Å². The molecule has 4 aromatic rings. The molecule has 6 nitrogen and oxygen atoms in total. The molecular formula is C28H18N2O4. The van der Waals surface area contributed by atoms with E-state index in [1.165, 1.54) is 6.08 Å². The van der Waals surface area contributed by atoms with Crippen LogP contribution in [0.3, 0.4) is 0 Å². The van der Waals surface area contributed by atoms with Crippen LogP contribution >= 0.6 is 0 Å². The number of carbonyl (C=O) groups excluding carboxylic acids is 1. The van der Waals surface area contributed by atoms with Gasteiger partial charge >= 0.3 is 11.9 Å². The van der Waals surface area contributed by atoms with Crippen LogP contribution in [0, 0.1) is 22.7 Å². The number of carboxylic acid groups (broad SMARTS) is 1. The molecule has 0 radical (unpaired) electrons. The van der Waals surface area contributed by atoms with Gasteiger partial charge in [-0.1, -0.05) is 79.4 Å². The lowest BCUT2D eigenvalue weighted by molar-refractivity contribution is -0.132. The van der Waals surface area contributed by atoms with Gasteiger partial charge in [-0.2, -0.15) is 10.5 Å². The van der Waals surface area contributed by atoms with Gasteiger partial charge < -0.3 is 9.84 Å². The van der Waals surface area contributed by atoms with E-state index in [0.29, 0.717) is 11.3 Å². The second-order valence-electron chi connectivity index (χ2n) is 7.04. The summed E-state index contributed by atoms with van der Waals surface area (Å²) in [5.74, 6) is -1.49. The number of fused-ring (bicyclic) bond motifs is 2. The van der Waals surface area contributed by atoms with Crippen molar-refractivity contribution < 1.29 is 19.4 Å². The Morgan fingerprint density at radius 3 is 2.15 bits per heavy atom. The van der Waals surface area contributed by atoms with Crippen molar-refractivity contribution in [2.45, 2.75) is 0 Å². The summed E-state index contributed by atoms with van der Waals surface area (Å²) in [5, 5.41) is 29.9. The maximum atomic E-state index is 11.4. The molecule has 0 aliphatic heterocycles. The summed E-state index contributed by atoms with van der Waals surface area (Å²) in [6.45, 7) is 3.31. The number of hydrogen-bond acceptors (Lipinski definition) is 5. The highest BCUT2D eigenvalue weighted by Gasteiger charge is 2.11. The van der Waals surface area contributed by atoms with Crippen molar-refractivity contribution in [2.24, 2.45) is 0 Å². The smallest absolute Gasteiger partial charge is 0.353 e. The standard InChI is InChI=1S/2C14H9NO2/c1-10(9-15)14(16)17-13-8-4-6-11-5-2-3-7-12(11)13;15-9-13(14(16)17)8-10-5-6-11-3-1-2-4-12(11)7-10/h2-8H,1H2;1-8H,(H,16,17). The number of nitriles is 2. The van der Waals surface area contributed by atoms with E-state index in [0.717, 1.165) is 21.5 Å². The molecule has 0 aliphatic rings. The first-order valence-corrected chi connectivity index (χ1v) is 10.1. The zero-order valence-corrected chi connectivity index (χ0v) is 17.9. The Balaban J connectivity index is 0.000000191. The van der Waals surface area contributed by atoms with Gasteiger partial charge in [0, 0.05) is 5.39 Å². The Bertz CT molecular complexity index is 1520. The van der Waals surface area contributed by atoms with Gasteiger partial charge in [0.1, 0.15) is 29.0 Å². The van der Waals surface area contributed by atoms with Gasteiger partial charge in [-0.3, -0.25) is 0 Å². The van der Waals surface area contributed by atoms with E-state index in [1.54, 1.807) is 30.3 Å². The van der Waals surface area contributed by atoms with Crippen LogP contribution in [0.5, 0.6) is 5.75 Å². The minimum absolute atomic E-state index is 0.210. The Morgan fingerprint density at radius 1 is 0.824 bits per heavy atom. The number of ether oxygens (including phenoxy) is 1. The van der Waals surface area contributed by atoms with Crippen LogP contribution in [0.25, 0.3) is 27.6 Å². The Morgan fingerprint density at radius 2 is 1.47 bits per heavy atom. The van der Waals surface area contributed by atoms with Crippen molar-refractivity contribution >= 4 is 39.6 Å². The third kappa shape index (κ3) is 5.73. The average Bonchev–Trinajstić information content (AvgIpc) is 2.87. The number of nitrogens with zero attached hydrogens (tertiary/aromatic N) is 2. The largest absolute Gasteiger partial charge is 0.477 e. The SMILES string of the molecule is C=C(C#N)C(=O)Oc1cccc2ccccc12.N#CC(=Cc1ccc2ccccc2c1)C(=O)O. The molecule has 1 N–H and O–H groups in total. The Labute approximate surface area is 195 Å². The van der Waals surface area contributed by atoms with Gasteiger partial charge in [0.2, 0.25) is 0 Å². The molecule has 0 aliphatic carbocycles. The third-order valence-electron chi connectivity index (χ3n) is 4.77. The molecule has 6 heteroatoms. The van der Waals surface area contributed by atoms with E-state index >= 15 is 0 Å². The van der Waals surface area contributed by atoms with Crippen molar-refractivity contribution in [1.29, 1.82) is 10.5 Å². The van der Waals surface area contributed by atoms with Crippen LogP contribution in [-0.2, 0) is 9.59 Å². The zero-order chi connectivity index (χ0) is 24.5. The minimum Gasteiger partial charge on any atom is -0.477 e. The molecule has 4 rings (SSSR count). The van der Waals surface area contributed by atoms with Crippen LogP contribution in [0.4, 0.5) is 0 Å². The molecule has 0 saturated carbocycles. The summed E-state index contributed by atoms with van der Waals surface area (Å²) in [6, 6.07) is 29.6. The van der Waals surface area contributed by atoms with Gasteiger partial charge in [-0.15, -0.1) is 0 Å². The normalized spacial score (nSPS) is 10.4. The quantitative estimate of drug-likeness (QED) is 0.187. The second kappa shape index (κ2) is 10.9. The average molecular weight is 446 g/mol. The van der Waals surface area contributed by atoms with Crippen LogP contribution < -0.4 is 4.74 Å². The number of esters is 1. The van der Waals surface area contributed by atoms with Crippen molar-refractivity contribution in [3.05, 3.63) is 108 Å². The van der Waals surface area contributed by atoms with E-state index in [2.05, 4.69) is 6.58 Å². The van der Waals surface area contributed by atoms with Crippen LogP contribution in [0.15, 0.2) is 103 Å². The monoisotopic (exact) mass is 446 g/mol. The highest BCUT2D eigenvalue weighted by Crippen LogP contribution is 2.25. The van der Waals surface area contributed by atoms with E-state index in [-0.39, 0.29) is 11.1 Å². The molecule has 0 saturated heterocycles. The topological polar surface area (TPSA) is 111 Å². The van der Waals surface area contributed by atoms with E-state index < -0.39 is 11.9 Å². The van der Waals surface area contributed by atoms with E-state index in [1.807, 2.05) is 66.7 Å². The van der Waals surface area contributed by atoms with Gasteiger partial charge in [0.15, 0.2) is 0 Å². The Kier molecular flexibility index (Phi) is 7.52. The predicted octanol–water partition coefficient (Wildman–Crippen LogP) is 5.66. The predicted molar refractivity (Wildman–Crippen MR) is 130 cm³/mol. The first-order chi connectivity index (χ1) is 16.4. The molecule has 0 spiro atoms. The molecule has 0 atom stereocenters. The van der Waals surface area contributed by atoms with E-state index in [9.17, 15) is 9.59 Å². The number of benzene rings is 4. The zero-order valence-electron chi connectivity index (χ0n) is 17.9. The lowest BCUT2D eigenvalue weighted by Crippen LogP contribution is -2.09. The van der Waals surface area contributed by atoms with Crippen molar-refractivity contribution in [3.63, 3.8) is 0 Å². The fourth-order valence-corrected chi connectivity index (χ4v) is 3.10. The first-order valence-electron chi connectivity index (χ1n) is 10.1. The van der Waals surface area contributed by atoms with Crippen LogP contribution in [-0.4, -0.2) is 17.0 Å². The van der Waals surface area contributed by atoms with Gasteiger partial charge in [0.25, 0.3) is 0 Å². The molecule has 164 valence electrons. The fraction of sp³-hybridized carbons (Fsp3) is 0. The Hall–Kier alpha value is -5.20. The molecule has 4 aromatic carbocycles. The van der Waals surface area contributed by atoms with Gasteiger partial charge in [0.05, 0.1) is 0 Å². The minimum atomic E-state index is -1.21. The lowest BCUT2D eigenvalue weighted by Gasteiger charge is -2.06. The molecule has 0 bridgehead atoms. The second-order valence-corrected chi connectivity index (χ2v) is 7.04. The molecule has 0 unspecified atom stereocenters. The number of carboxylic acids is 1. The summed E-state index contributed by atoms with van der Waals surface area (Å²) < 4.78 is 5.12. The molecule has 0 amide bonds. The van der Waals surface area contributed by atoms with Crippen molar-refractivity contribution in [2.75, 3.05) is 0 Å². The molecule has 0 aromatic heterocycles. The lowest BCUT2D eigenvalue weighted by atomic mass is 10.1. The summed E-state index contributed by atoms with van der Waals surface area (Å²) in [6.07, 6.45) is 1.37. The molecule has 0 heterocycles. The van der Waals surface area contributed by atoms with Crippen LogP contribution in [0.2, 0.25) is 0 Å². The number of aliphatic carboxylic acids is 1. The number of rotatable bonds is 4. The maximum Gasteiger partial charge on any atom is 0.353 e. The van der Waals surface area contributed by atoms with E-state index in [4.69, 9.17) is 20.4 Å². The molecule has 34 heavy (non-hydrogen) atoms. The highest BCUT2D eigenvalue weighted by atomic mass is 16.5. The first kappa shape index (κ1) is 23.5. The molecule has 0 fully saturated rings. The summed E-state index contributed by atoms with van der Waals surface area (Å²) >= 11 is 0. The third-order valence-corrected chi connectivity index (χ3v) is 4.77. The maximum absolute atomic E-state index is 11.4. The van der Waals surface area contributed by atoms with Crippen molar-refractivity contribution in [3.8, 4) is 17.9 Å². The van der Waals surface area contributed by atoms with Gasteiger partial charge in [-0.05, 0) is 39.9 Å². The highest BCUT2D eigenvalue weighted by molar-refractivity contribution is 5.98. The van der Waals surface area contributed by atoms with Crippen LogP contribution in [0.1, 0.15) is 5.56 Å². The summed E-state index contributed by atoms with van der Waals surface area (Å²) in [5.41, 5.74) is 0.237. The van der Waals surface area contributed by atoms with Gasteiger partial charge in [-0.25, -0.2) is 9.59 Å².